The maximum absolute atomic E-state index is 14.0. The highest BCUT2D eigenvalue weighted by atomic mass is 19.1. The highest BCUT2D eigenvalue weighted by Crippen LogP contribution is 2.26. The molecule has 0 aliphatic rings. The molecule has 0 bridgehead atoms. The first-order valence-electron chi connectivity index (χ1n) is 6.30. The van der Waals surface area contributed by atoms with Crippen LogP contribution < -0.4 is 0 Å². The number of halogens is 1. The van der Waals surface area contributed by atoms with Crippen molar-refractivity contribution in [1.82, 2.24) is 4.98 Å². The van der Waals surface area contributed by atoms with E-state index in [9.17, 15) is 9.18 Å². The van der Waals surface area contributed by atoms with Gasteiger partial charge in [0.15, 0.2) is 0 Å². The minimum atomic E-state index is -0.394. The molecule has 1 heterocycles. The van der Waals surface area contributed by atoms with Gasteiger partial charge in [-0.1, -0.05) is 24.3 Å². The van der Waals surface area contributed by atoms with Crippen LogP contribution in [0.5, 0.6) is 0 Å². The van der Waals surface area contributed by atoms with Crippen LogP contribution in [0.4, 0.5) is 4.39 Å². The third kappa shape index (κ3) is 2.18. The van der Waals surface area contributed by atoms with E-state index in [-0.39, 0.29) is 0 Å². The Morgan fingerprint density at radius 2 is 1.90 bits per heavy atom. The van der Waals surface area contributed by atoms with Crippen LogP contribution in [0.3, 0.4) is 0 Å². The molecular formula is C17H12FNO. The molecule has 0 aliphatic carbocycles. The van der Waals surface area contributed by atoms with Gasteiger partial charge in [-0.2, -0.15) is 0 Å². The predicted octanol–water partition coefficient (Wildman–Crippen LogP) is 4.16. The highest BCUT2D eigenvalue weighted by Gasteiger charge is 2.07. The number of hydrogen-bond acceptors (Lipinski definition) is 2. The van der Waals surface area contributed by atoms with Gasteiger partial charge >= 0.3 is 0 Å². The summed E-state index contributed by atoms with van der Waals surface area (Å²) in [4.78, 5) is 15.1. The lowest BCUT2D eigenvalue weighted by Gasteiger charge is -2.06. The summed E-state index contributed by atoms with van der Waals surface area (Å²) in [7, 11) is 0. The van der Waals surface area contributed by atoms with Crippen molar-refractivity contribution in [1.29, 1.82) is 0 Å². The average Bonchev–Trinajstić information content (AvgIpc) is 2.46. The van der Waals surface area contributed by atoms with E-state index in [4.69, 9.17) is 0 Å². The Kier molecular flexibility index (Phi) is 3.03. The summed E-state index contributed by atoms with van der Waals surface area (Å²) >= 11 is 0. The number of aryl methyl sites for hydroxylation is 1. The van der Waals surface area contributed by atoms with Gasteiger partial charge in [0.05, 0.1) is 5.52 Å². The molecule has 3 rings (SSSR count). The molecule has 0 unspecified atom stereocenters. The number of carbonyl (C=O) groups excluding carboxylic acids is 1. The van der Waals surface area contributed by atoms with Crippen LogP contribution in [0.2, 0.25) is 0 Å². The van der Waals surface area contributed by atoms with E-state index < -0.39 is 5.82 Å². The van der Waals surface area contributed by atoms with Crippen molar-refractivity contribution in [2.45, 2.75) is 6.92 Å². The van der Waals surface area contributed by atoms with Crippen molar-refractivity contribution in [3.05, 3.63) is 65.6 Å². The minimum Gasteiger partial charge on any atom is -0.298 e. The molecule has 0 spiro atoms. The lowest BCUT2D eigenvalue weighted by Crippen LogP contribution is -1.89. The SMILES string of the molecule is Cc1ccc2cc(-c3ccc(C=O)cc3F)ccc2n1. The second-order valence-electron chi connectivity index (χ2n) is 4.72. The molecule has 0 N–H and O–H groups in total. The fourth-order valence-electron chi connectivity index (χ4n) is 2.23. The molecule has 2 aromatic carbocycles. The standard InChI is InChI=1S/C17H12FNO/c1-11-2-4-14-9-13(5-7-17(14)19-11)15-6-3-12(10-20)8-16(15)18/h2-10H,1H3. The number of aromatic nitrogens is 1. The summed E-state index contributed by atoms with van der Waals surface area (Å²) < 4.78 is 14.0. The van der Waals surface area contributed by atoms with Crippen LogP contribution in [0.15, 0.2) is 48.5 Å². The molecule has 0 fully saturated rings. The van der Waals surface area contributed by atoms with Gasteiger partial charge in [-0.15, -0.1) is 0 Å². The molecule has 0 radical (unpaired) electrons. The Bertz CT molecular complexity index is 811. The van der Waals surface area contributed by atoms with Crippen molar-refractivity contribution >= 4 is 17.2 Å². The zero-order chi connectivity index (χ0) is 14.1. The third-order valence-electron chi connectivity index (χ3n) is 3.27. The largest absolute Gasteiger partial charge is 0.298 e. The molecule has 0 aliphatic heterocycles. The van der Waals surface area contributed by atoms with Crippen LogP contribution in [-0.2, 0) is 0 Å². The van der Waals surface area contributed by atoms with E-state index in [1.54, 1.807) is 12.1 Å². The van der Waals surface area contributed by atoms with Crippen LogP contribution in [-0.4, -0.2) is 11.3 Å². The van der Waals surface area contributed by atoms with Crippen molar-refractivity contribution in [3.63, 3.8) is 0 Å². The molecule has 0 saturated carbocycles. The number of fused-ring (bicyclic) bond motifs is 1. The molecule has 98 valence electrons. The number of rotatable bonds is 2. The summed E-state index contributed by atoms with van der Waals surface area (Å²) in [6, 6.07) is 14.0. The zero-order valence-corrected chi connectivity index (χ0v) is 10.9. The molecule has 20 heavy (non-hydrogen) atoms. The Morgan fingerprint density at radius 1 is 1.05 bits per heavy atom. The molecule has 3 aromatic rings. The summed E-state index contributed by atoms with van der Waals surface area (Å²) in [5.41, 5.74) is 3.44. The predicted molar refractivity (Wildman–Crippen MR) is 77.3 cm³/mol. The fraction of sp³-hybridized carbons (Fsp3) is 0.0588. The van der Waals surface area contributed by atoms with Crippen molar-refractivity contribution in [2.24, 2.45) is 0 Å². The van der Waals surface area contributed by atoms with E-state index in [1.165, 1.54) is 6.07 Å². The number of nitrogens with zero attached hydrogens (tertiary/aromatic N) is 1. The van der Waals surface area contributed by atoms with E-state index >= 15 is 0 Å². The third-order valence-corrected chi connectivity index (χ3v) is 3.27. The summed E-state index contributed by atoms with van der Waals surface area (Å²) in [5, 5.41) is 0.965. The second-order valence-corrected chi connectivity index (χ2v) is 4.72. The number of pyridine rings is 1. The number of benzene rings is 2. The zero-order valence-electron chi connectivity index (χ0n) is 10.9. The molecule has 3 heteroatoms. The smallest absolute Gasteiger partial charge is 0.150 e. The maximum atomic E-state index is 14.0. The normalized spacial score (nSPS) is 10.7. The maximum Gasteiger partial charge on any atom is 0.150 e. The van der Waals surface area contributed by atoms with Crippen LogP contribution in [0, 0.1) is 12.7 Å². The lowest BCUT2D eigenvalue weighted by atomic mass is 10.0. The van der Waals surface area contributed by atoms with Gasteiger partial charge < -0.3 is 0 Å². The number of carbonyl (C=O) groups is 1. The van der Waals surface area contributed by atoms with E-state index in [0.717, 1.165) is 22.2 Å². The Morgan fingerprint density at radius 3 is 2.65 bits per heavy atom. The minimum absolute atomic E-state index is 0.337. The monoisotopic (exact) mass is 265 g/mol. The first kappa shape index (κ1) is 12.5. The summed E-state index contributed by atoms with van der Waals surface area (Å²) in [5.74, 6) is -0.394. The summed E-state index contributed by atoms with van der Waals surface area (Å²) in [6.07, 6.45) is 0.639. The van der Waals surface area contributed by atoms with Gasteiger partial charge in [-0.3, -0.25) is 9.78 Å². The Balaban J connectivity index is 2.14. The number of hydrogen-bond donors (Lipinski definition) is 0. The van der Waals surface area contributed by atoms with Gasteiger partial charge in [0, 0.05) is 22.2 Å². The van der Waals surface area contributed by atoms with E-state index in [1.807, 2.05) is 37.3 Å². The van der Waals surface area contributed by atoms with E-state index in [0.29, 0.717) is 17.4 Å². The summed E-state index contributed by atoms with van der Waals surface area (Å²) in [6.45, 7) is 1.94. The molecule has 0 saturated heterocycles. The van der Waals surface area contributed by atoms with Crippen LogP contribution >= 0.6 is 0 Å². The molecule has 0 amide bonds. The van der Waals surface area contributed by atoms with Crippen LogP contribution in [0.25, 0.3) is 22.0 Å². The molecule has 1 aromatic heterocycles. The Hall–Kier alpha value is -2.55. The lowest BCUT2D eigenvalue weighted by molar-refractivity contribution is 0.112. The van der Waals surface area contributed by atoms with Crippen molar-refractivity contribution in [2.75, 3.05) is 0 Å². The van der Waals surface area contributed by atoms with Gasteiger partial charge in [0.25, 0.3) is 0 Å². The van der Waals surface area contributed by atoms with Gasteiger partial charge in [-0.05, 0) is 36.8 Å². The quantitative estimate of drug-likeness (QED) is 0.651. The van der Waals surface area contributed by atoms with Gasteiger partial charge in [0.1, 0.15) is 12.1 Å². The van der Waals surface area contributed by atoms with Gasteiger partial charge in [-0.25, -0.2) is 4.39 Å². The Labute approximate surface area is 115 Å². The average molecular weight is 265 g/mol. The van der Waals surface area contributed by atoms with Crippen molar-refractivity contribution in [3.8, 4) is 11.1 Å². The topological polar surface area (TPSA) is 30.0 Å². The fourth-order valence-corrected chi connectivity index (χ4v) is 2.23. The second kappa shape index (κ2) is 4.85. The van der Waals surface area contributed by atoms with Gasteiger partial charge in [0.2, 0.25) is 0 Å². The van der Waals surface area contributed by atoms with E-state index in [2.05, 4.69) is 4.98 Å². The number of aldehydes is 1. The van der Waals surface area contributed by atoms with Crippen molar-refractivity contribution < 1.29 is 9.18 Å². The molecule has 0 atom stereocenters. The first-order valence-corrected chi connectivity index (χ1v) is 6.30. The highest BCUT2D eigenvalue weighted by molar-refractivity contribution is 5.85. The first-order chi connectivity index (χ1) is 9.67. The molecule has 2 nitrogen and oxygen atoms in total. The van der Waals surface area contributed by atoms with Crippen LogP contribution in [0.1, 0.15) is 16.1 Å². The molecular weight excluding hydrogens is 253 g/mol.